The van der Waals surface area contributed by atoms with Crippen molar-refractivity contribution in [1.82, 2.24) is 10.2 Å². The van der Waals surface area contributed by atoms with Crippen LogP contribution in [0.15, 0.2) is 18.2 Å². The Kier molecular flexibility index (Phi) is 5.70. The smallest absolute Gasteiger partial charge is 0.248 e. The summed E-state index contributed by atoms with van der Waals surface area (Å²) in [6, 6.07) is 4.84. The van der Waals surface area contributed by atoms with Crippen LogP contribution in [-0.4, -0.2) is 36.5 Å². The van der Waals surface area contributed by atoms with Gasteiger partial charge in [0.1, 0.15) is 5.82 Å². The van der Waals surface area contributed by atoms with Crippen molar-refractivity contribution in [2.75, 3.05) is 19.6 Å². The molecule has 2 rings (SSSR count). The number of carbonyl (C=O) groups excluding carboxylic acids is 1. The first-order valence-corrected chi connectivity index (χ1v) is 7.61. The maximum absolute atomic E-state index is 13.8. The molecule has 1 aliphatic rings. The Bertz CT molecular complexity index is 486. The van der Waals surface area contributed by atoms with Crippen molar-refractivity contribution >= 4 is 5.91 Å². The Balaban J connectivity index is 1.81. The van der Waals surface area contributed by atoms with Crippen LogP contribution in [0.2, 0.25) is 0 Å². The van der Waals surface area contributed by atoms with Gasteiger partial charge in [-0.05, 0) is 45.0 Å². The molecular weight excluding hydrogens is 269 g/mol. The molecule has 4 nitrogen and oxygen atoms in total. The van der Waals surface area contributed by atoms with Gasteiger partial charge >= 0.3 is 0 Å². The SMILES string of the molecule is CC(CNCc1ccc(C(N)=O)cc1F)N1CCCCC1. The summed E-state index contributed by atoms with van der Waals surface area (Å²) in [5.41, 5.74) is 5.90. The fraction of sp³-hybridized carbons (Fsp3) is 0.562. The van der Waals surface area contributed by atoms with E-state index >= 15 is 0 Å². The summed E-state index contributed by atoms with van der Waals surface area (Å²) in [7, 11) is 0. The highest BCUT2D eigenvalue weighted by molar-refractivity contribution is 5.92. The van der Waals surface area contributed by atoms with Crippen LogP contribution in [0.25, 0.3) is 0 Å². The predicted molar refractivity (Wildman–Crippen MR) is 81.5 cm³/mol. The van der Waals surface area contributed by atoms with Crippen LogP contribution in [0, 0.1) is 5.82 Å². The predicted octanol–water partition coefficient (Wildman–Crippen LogP) is 1.89. The number of amides is 1. The Labute approximate surface area is 125 Å². The molecule has 0 saturated carbocycles. The van der Waals surface area contributed by atoms with Crippen LogP contribution in [-0.2, 0) is 6.54 Å². The molecule has 1 unspecified atom stereocenters. The molecule has 0 radical (unpaired) electrons. The maximum atomic E-state index is 13.8. The van der Waals surface area contributed by atoms with Gasteiger partial charge in [0.15, 0.2) is 0 Å². The summed E-state index contributed by atoms with van der Waals surface area (Å²) in [6.07, 6.45) is 3.87. The number of carbonyl (C=O) groups is 1. The summed E-state index contributed by atoms with van der Waals surface area (Å²) in [5.74, 6) is -0.989. The zero-order chi connectivity index (χ0) is 15.2. The number of benzene rings is 1. The molecule has 0 aromatic heterocycles. The van der Waals surface area contributed by atoms with Gasteiger partial charge in [0.05, 0.1) is 0 Å². The number of primary amides is 1. The number of piperidine rings is 1. The summed E-state index contributed by atoms with van der Waals surface area (Å²) in [5, 5.41) is 3.29. The van der Waals surface area contributed by atoms with E-state index in [1.807, 2.05) is 0 Å². The fourth-order valence-corrected chi connectivity index (χ4v) is 2.75. The Morgan fingerprint density at radius 3 is 2.71 bits per heavy atom. The van der Waals surface area contributed by atoms with E-state index in [-0.39, 0.29) is 11.4 Å². The Hall–Kier alpha value is -1.46. The molecular formula is C16H24FN3O. The van der Waals surface area contributed by atoms with Gasteiger partial charge in [-0.1, -0.05) is 12.5 Å². The second kappa shape index (κ2) is 7.52. The lowest BCUT2D eigenvalue weighted by molar-refractivity contribution is 0.1000. The fourth-order valence-electron chi connectivity index (χ4n) is 2.75. The standard InChI is InChI=1S/C16H24FN3O/c1-12(20-7-3-2-4-8-20)10-19-11-14-6-5-13(16(18)21)9-15(14)17/h5-6,9,12,19H,2-4,7-8,10-11H2,1H3,(H2,18,21). The van der Waals surface area contributed by atoms with E-state index in [1.165, 1.54) is 25.3 Å². The Morgan fingerprint density at radius 2 is 2.10 bits per heavy atom. The summed E-state index contributed by atoms with van der Waals surface area (Å²) < 4.78 is 13.8. The number of hydrogen-bond acceptors (Lipinski definition) is 3. The lowest BCUT2D eigenvalue weighted by Crippen LogP contribution is -2.43. The molecule has 1 aromatic rings. The minimum absolute atomic E-state index is 0.206. The number of rotatable bonds is 6. The quantitative estimate of drug-likeness (QED) is 0.842. The number of halogens is 1. The van der Waals surface area contributed by atoms with E-state index in [4.69, 9.17) is 5.73 Å². The molecule has 0 spiro atoms. The van der Waals surface area contributed by atoms with E-state index in [9.17, 15) is 9.18 Å². The molecule has 1 amide bonds. The number of nitrogens with zero attached hydrogens (tertiary/aromatic N) is 1. The molecule has 5 heteroatoms. The Morgan fingerprint density at radius 1 is 1.38 bits per heavy atom. The molecule has 0 aliphatic carbocycles. The van der Waals surface area contributed by atoms with Crippen LogP contribution >= 0.6 is 0 Å². The highest BCUT2D eigenvalue weighted by Gasteiger charge is 2.16. The van der Waals surface area contributed by atoms with Crippen molar-refractivity contribution in [2.45, 2.75) is 38.8 Å². The van der Waals surface area contributed by atoms with Gasteiger partial charge in [0.2, 0.25) is 5.91 Å². The first-order chi connectivity index (χ1) is 10.1. The molecule has 1 atom stereocenters. The molecule has 0 bridgehead atoms. The van der Waals surface area contributed by atoms with Gasteiger partial charge in [-0.25, -0.2) is 4.39 Å². The van der Waals surface area contributed by atoms with E-state index in [2.05, 4.69) is 17.1 Å². The number of hydrogen-bond donors (Lipinski definition) is 2. The molecule has 1 heterocycles. The molecule has 1 aliphatic heterocycles. The topological polar surface area (TPSA) is 58.4 Å². The van der Waals surface area contributed by atoms with Gasteiger partial charge < -0.3 is 11.1 Å². The average Bonchev–Trinajstić information content (AvgIpc) is 2.49. The van der Waals surface area contributed by atoms with Gasteiger partial charge in [0.25, 0.3) is 0 Å². The summed E-state index contributed by atoms with van der Waals surface area (Å²) in [4.78, 5) is 13.5. The van der Waals surface area contributed by atoms with Crippen LogP contribution in [0.5, 0.6) is 0 Å². The van der Waals surface area contributed by atoms with Crippen molar-refractivity contribution in [1.29, 1.82) is 0 Å². The third-order valence-corrected chi connectivity index (χ3v) is 4.11. The first kappa shape index (κ1) is 15.9. The van der Waals surface area contributed by atoms with E-state index in [1.54, 1.807) is 12.1 Å². The van der Waals surface area contributed by atoms with Crippen LogP contribution in [0.4, 0.5) is 4.39 Å². The number of nitrogens with two attached hydrogens (primary N) is 1. The van der Waals surface area contributed by atoms with Gasteiger partial charge in [0, 0.05) is 30.3 Å². The van der Waals surface area contributed by atoms with Crippen LogP contribution in [0.1, 0.15) is 42.1 Å². The van der Waals surface area contributed by atoms with E-state index in [0.717, 1.165) is 19.6 Å². The highest BCUT2D eigenvalue weighted by atomic mass is 19.1. The number of nitrogens with one attached hydrogen (secondary N) is 1. The molecule has 21 heavy (non-hydrogen) atoms. The minimum Gasteiger partial charge on any atom is -0.366 e. The molecule has 1 aromatic carbocycles. The maximum Gasteiger partial charge on any atom is 0.248 e. The molecule has 116 valence electrons. The average molecular weight is 293 g/mol. The van der Waals surface area contributed by atoms with Crippen molar-refractivity contribution < 1.29 is 9.18 Å². The number of likely N-dealkylation sites (tertiary alicyclic amines) is 1. The second-order valence-electron chi connectivity index (χ2n) is 5.75. The van der Waals surface area contributed by atoms with Gasteiger partial charge in [-0.3, -0.25) is 9.69 Å². The van der Waals surface area contributed by atoms with E-state index < -0.39 is 5.91 Å². The highest BCUT2D eigenvalue weighted by Crippen LogP contribution is 2.12. The zero-order valence-electron chi connectivity index (χ0n) is 12.6. The van der Waals surface area contributed by atoms with Gasteiger partial charge in [-0.15, -0.1) is 0 Å². The summed E-state index contributed by atoms with van der Waals surface area (Å²) >= 11 is 0. The van der Waals surface area contributed by atoms with Gasteiger partial charge in [-0.2, -0.15) is 0 Å². The molecule has 1 fully saturated rings. The second-order valence-corrected chi connectivity index (χ2v) is 5.75. The largest absolute Gasteiger partial charge is 0.366 e. The summed E-state index contributed by atoms with van der Waals surface area (Å²) in [6.45, 7) is 5.81. The normalized spacial score (nSPS) is 17.6. The lowest BCUT2D eigenvalue weighted by Gasteiger charge is -2.32. The molecule has 3 N–H and O–H groups in total. The van der Waals surface area contributed by atoms with Crippen molar-refractivity contribution in [3.63, 3.8) is 0 Å². The van der Waals surface area contributed by atoms with Crippen molar-refractivity contribution in [2.24, 2.45) is 5.73 Å². The third-order valence-electron chi connectivity index (χ3n) is 4.11. The van der Waals surface area contributed by atoms with Crippen molar-refractivity contribution in [3.05, 3.63) is 35.1 Å². The molecule has 1 saturated heterocycles. The van der Waals surface area contributed by atoms with E-state index in [0.29, 0.717) is 18.2 Å². The third kappa shape index (κ3) is 4.51. The van der Waals surface area contributed by atoms with Crippen LogP contribution < -0.4 is 11.1 Å². The first-order valence-electron chi connectivity index (χ1n) is 7.61. The van der Waals surface area contributed by atoms with Crippen LogP contribution in [0.3, 0.4) is 0 Å². The lowest BCUT2D eigenvalue weighted by atomic mass is 10.1. The zero-order valence-corrected chi connectivity index (χ0v) is 12.6. The van der Waals surface area contributed by atoms with Crippen molar-refractivity contribution in [3.8, 4) is 0 Å². The minimum atomic E-state index is -0.605. The monoisotopic (exact) mass is 293 g/mol.